The van der Waals surface area contributed by atoms with Gasteiger partial charge in [0.25, 0.3) is 10.0 Å². The molecule has 0 spiro atoms. The minimum absolute atomic E-state index is 0.0335. The fourth-order valence-electron chi connectivity index (χ4n) is 4.85. The Kier molecular flexibility index (Phi) is 12.0. The van der Waals surface area contributed by atoms with Crippen LogP contribution < -0.4 is 14.4 Å². The number of methoxy groups -OCH3 is 1. The molecule has 0 aliphatic rings. The molecule has 2 amide bonds. The van der Waals surface area contributed by atoms with Gasteiger partial charge in [0.2, 0.25) is 11.8 Å². The SMILES string of the molecule is COc1ccc(N(CC(=O)N(Cc2c(Cl)cccc2Cl)[C@@H](Cc2ccccc2)C(=O)NC(C)C)S(=O)(=O)c2ccccc2)cc1Cl. The lowest BCUT2D eigenvalue weighted by molar-refractivity contribution is -0.140. The highest BCUT2D eigenvalue weighted by Gasteiger charge is 2.35. The van der Waals surface area contributed by atoms with E-state index in [1.807, 2.05) is 44.2 Å². The molecule has 0 saturated heterocycles. The molecule has 0 aliphatic carbocycles. The Morgan fingerprint density at radius 2 is 1.43 bits per heavy atom. The Morgan fingerprint density at radius 3 is 2.00 bits per heavy atom. The molecular weight excluding hydrogens is 669 g/mol. The second-order valence-corrected chi connectivity index (χ2v) is 13.8. The minimum atomic E-state index is -4.30. The zero-order valence-corrected chi connectivity index (χ0v) is 28.6. The van der Waals surface area contributed by atoms with Crippen LogP contribution >= 0.6 is 34.8 Å². The highest BCUT2D eigenvalue weighted by Crippen LogP contribution is 2.33. The second kappa shape index (κ2) is 15.7. The molecule has 8 nitrogen and oxygen atoms in total. The number of carbonyl (C=O) groups excluding carboxylic acids is 2. The minimum Gasteiger partial charge on any atom is -0.495 e. The van der Waals surface area contributed by atoms with Gasteiger partial charge in [0.15, 0.2) is 0 Å². The van der Waals surface area contributed by atoms with Gasteiger partial charge in [-0.15, -0.1) is 0 Å². The number of ether oxygens (including phenoxy) is 1. The smallest absolute Gasteiger partial charge is 0.264 e. The van der Waals surface area contributed by atoms with E-state index < -0.39 is 34.4 Å². The van der Waals surface area contributed by atoms with Crippen LogP contribution in [-0.4, -0.2) is 50.9 Å². The van der Waals surface area contributed by atoms with Gasteiger partial charge in [-0.3, -0.25) is 13.9 Å². The summed E-state index contributed by atoms with van der Waals surface area (Å²) in [6.45, 7) is 2.80. The van der Waals surface area contributed by atoms with E-state index in [4.69, 9.17) is 39.5 Å². The number of hydrogen-bond donors (Lipinski definition) is 1. The summed E-state index contributed by atoms with van der Waals surface area (Å²) in [4.78, 5) is 29.7. The van der Waals surface area contributed by atoms with Crippen LogP contribution in [-0.2, 0) is 32.6 Å². The maximum atomic E-state index is 14.6. The van der Waals surface area contributed by atoms with Crippen LogP contribution in [0.2, 0.25) is 15.1 Å². The van der Waals surface area contributed by atoms with E-state index in [2.05, 4.69) is 5.32 Å². The molecule has 4 aromatic carbocycles. The zero-order valence-electron chi connectivity index (χ0n) is 25.5. The van der Waals surface area contributed by atoms with Crippen molar-refractivity contribution in [3.05, 3.63) is 123 Å². The van der Waals surface area contributed by atoms with Crippen LogP contribution in [0.5, 0.6) is 5.75 Å². The van der Waals surface area contributed by atoms with Gasteiger partial charge in [-0.05, 0) is 61.9 Å². The predicted octanol–water partition coefficient (Wildman–Crippen LogP) is 7.02. The Hall–Kier alpha value is -3.76. The van der Waals surface area contributed by atoms with Crippen molar-refractivity contribution in [1.82, 2.24) is 10.2 Å². The van der Waals surface area contributed by atoms with Gasteiger partial charge in [0.1, 0.15) is 18.3 Å². The summed E-state index contributed by atoms with van der Waals surface area (Å²) in [5, 5.41) is 3.65. The third kappa shape index (κ3) is 8.53. The van der Waals surface area contributed by atoms with Crippen molar-refractivity contribution in [1.29, 1.82) is 0 Å². The number of anilines is 1. The van der Waals surface area contributed by atoms with Crippen LogP contribution in [0.25, 0.3) is 0 Å². The van der Waals surface area contributed by atoms with Crippen molar-refractivity contribution < 1.29 is 22.7 Å². The Bertz CT molecular complexity index is 1750. The van der Waals surface area contributed by atoms with Gasteiger partial charge in [-0.2, -0.15) is 0 Å². The van der Waals surface area contributed by atoms with E-state index in [1.54, 1.807) is 36.4 Å². The maximum absolute atomic E-state index is 14.6. The summed E-state index contributed by atoms with van der Waals surface area (Å²) in [5.74, 6) is -0.750. The van der Waals surface area contributed by atoms with E-state index in [9.17, 15) is 18.0 Å². The summed E-state index contributed by atoms with van der Waals surface area (Å²) in [5.41, 5.74) is 1.34. The molecule has 0 unspecified atom stereocenters. The molecule has 0 aromatic heterocycles. The van der Waals surface area contributed by atoms with Crippen LogP contribution in [0.3, 0.4) is 0 Å². The number of amides is 2. The molecular formula is C34H34Cl3N3O5S. The zero-order chi connectivity index (χ0) is 33.4. The molecule has 0 fully saturated rings. The van der Waals surface area contributed by atoms with Gasteiger partial charge in [0, 0.05) is 34.6 Å². The van der Waals surface area contributed by atoms with Crippen LogP contribution in [0.1, 0.15) is 25.0 Å². The first-order chi connectivity index (χ1) is 21.9. The van der Waals surface area contributed by atoms with Crippen molar-refractivity contribution in [3.63, 3.8) is 0 Å². The number of sulfonamides is 1. The van der Waals surface area contributed by atoms with Crippen molar-refractivity contribution in [2.45, 2.75) is 43.8 Å². The average molecular weight is 703 g/mol. The summed E-state index contributed by atoms with van der Waals surface area (Å²) >= 11 is 19.5. The largest absolute Gasteiger partial charge is 0.495 e. The number of nitrogens with one attached hydrogen (secondary N) is 1. The Balaban J connectivity index is 1.85. The lowest BCUT2D eigenvalue weighted by atomic mass is 10.0. The lowest BCUT2D eigenvalue weighted by Crippen LogP contribution is -2.54. The molecule has 0 heterocycles. The maximum Gasteiger partial charge on any atom is 0.264 e. The summed E-state index contributed by atoms with van der Waals surface area (Å²) in [7, 11) is -2.86. The molecule has 0 radical (unpaired) electrons. The summed E-state index contributed by atoms with van der Waals surface area (Å²) in [6, 6.07) is 25.1. The first kappa shape index (κ1) is 35.1. The number of carbonyl (C=O) groups is 2. The molecule has 0 bridgehead atoms. The van der Waals surface area contributed by atoms with Gasteiger partial charge < -0.3 is 15.0 Å². The third-order valence-corrected chi connectivity index (χ3v) is 9.92. The number of halogens is 3. The van der Waals surface area contributed by atoms with Gasteiger partial charge in [-0.1, -0.05) is 89.4 Å². The van der Waals surface area contributed by atoms with Gasteiger partial charge >= 0.3 is 0 Å². The molecule has 46 heavy (non-hydrogen) atoms. The molecule has 1 N–H and O–H groups in total. The number of rotatable bonds is 13. The van der Waals surface area contributed by atoms with Crippen LogP contribution in [0, 0.1) is 0 Å². The Labute approximate surface area is 284 Å². The van der Waals surface area contributed by atoms with Gasteiger partial charge in [-0.25, -0.2) is 8.42 Å². The van der Waals surface area contributed by atoms with E-state index in [0.717, 1.165) is 9.87 Å². The summed E-state index contributed by atoms with van der Waals surface area (Å²) < 4.78 is 34.5. The fraction of sp³-hybridized carbons (Fsp3) is 0.235. The topological polar surface area (TPSA) is 96.0 Å². The first-order valence-electron chi connectivity index (χ1n) is 14.4. The molecule has 12 heteroatoms. The fourth-order valence-corrected chi connectivity index (χ4v) is 7.04. The van der Waals surface area contributed by atoms with Crippen molar-refractivity contribution in [2.75, 3.05) is 18.0 Å². The number of hydrogen-bond acceptors (Lipinski definition) is 5. The van der Waals surface area contributed by atoms with Gasteiger partial charge in [0.05, 0.1) is 22.7 Å². The quantitative estimate of drug-likeness (QED) is 0.162. The van der Waals surface area contributed by atoms with E-state index in [-0.39, 0.29) is 34.6 Å². The lowest BCUT2D eigenvalue weighted by Gasteiger charge is -2.34. The van der Waals surface area contributed by atoms with E-state index in [0.29, 0.717) is 21.4 Å². The molecule has 4 aromatic rings. The molecule has 242 valence electrons. The highest BCUT2D eigenvalue weighted by molar-refractivity contribution is 7.92. The predicted molar refractivity (Wildman–Crippen MR) is 183 cm³/mol. The highest BCUT2D eigenvalue weighted by atomic mass is 35.5. The molecule has 1 atom stereocenters. The van der Waals surface area contributed by atoms with Crippen LogP contribution in [0.4, 0.5) is 5.69 Å². The van der Waals surface area contributed by atoms with Crippen molar-refractivity contribution in [2.24, 2.45) is 0 Å². The summed E-state index contributed by atoms with van der Waals surface area (Å²) in [6.07, 6.45) is 0.146. The standard InChI is InChI=1S/C34H34Cl3N3O5S/c1-23(2)38-34(42)31(19-24-11-6-4-7-12-24)39(21-27-28(35)15-10-16-29(27)36)33(41)22-40(25-17-18-32(45-3)30(37)20-25)46(43,44)26-13-8-5-9-14-26/h4-18,20,23,31H,19,21-22H2,1-3H3,(H,38,42)/t31-/m0/s1. The van der Waals surface area contributed by atoms with Crippen molar-refractivity contribution in [3.8, 4) is 5.75 Å². The van der Waals surface area contributed by atoms with E-state index >= 15 is 0 Å². The molecule has 4 rings (SSSR count). The van der Waals surface area contributed by atoms with Crippen LogP contribution in [0.15, 0.2) is 102 Å². The monoisotopic (exact) mass is 701 g/mol. The molecule has 0 aliphatic heterocycles. The van der Waals surface area contributed by atoms with E-state index in [1.165, 1.54) is 42.3 Å². The number of nitrogens with zero attached hydrogens (tertiary/aromatic N) is 2. The Morgan fingerprint density at radius 1 is 0.826 bits per heavy atom. The second-order valence-electron chi connectivity index (χ2n) is 10.7. The molecule has 0 saturated carbocycles. The third-order valence-electron chi connectivity index (χ3n) is 7.13. The average Bonchev–Trinajstić information content (AvgIpc) is 3.03. The first-order valence-corrected chi connectivity index (χ1v) is 17.0. The van der Waals surface area contributed by atoms with Crippen molar-refractivity contribution >= 4 is 62.3 Å². The normalized spacial score (nSPS) is 12.0. The number of benzene rings is 4.